The molecule has 0 saturated carbocycles. The molecule has 0 aliphatic rings. The molecular formula is C29H19N3. The normalized spacial score (nSPS) is 11.8. The molecule has 3 heterocycles. The van der Waals surface area contributed by atoms with Crippen LogP contribution in [0.1, 0.15) is 0 Å². The van der Waals surface area contributed by atoms with Crippen LogP contribution in [0.4, 0.5) is 0 Å². The SMILES string of the molecule is c1cncc(-n2c3ccccc3c3cc(-c4ccc5[nH]c6ccccc6c5c4)ccc32)c1. The standard InChI is InChI=1S/C29H19N3/c1-3-9-26-22(7-1)24-16-19(11-13-27(24)31-26)20-12-14-29-25(17-20)23-8-2-4-10-28(23)32(29)21-6-5-15-30-18-21/h1-18,31H. The summed E-state index contributed by atoms with van der Waals surface area (Å²) in [5, 5.41) is 5.02. The third-order valence-corrected chi connectivity index (χ3v) is 6.42. The summed E-state index contributed by atoms with van der Waals surface area (Å²) in [4.78, 5) is 7.87. The Balaban J connectivity index is 1.49. The van der Waals surface area contributed by atoms with Crippen molar-refractivity contribution in [3.63, 3.8) is 0 Å². The van der Waals surface area contributed by atoms with Gasteiger partial charge >= 0.3 is 0 Å². The lowest BCUT2D eigenvalue weighted by Gasteiger charge is -2.07. The highest BCUT2D eigenvalue weighted by Gasteiger charge is 2.13. The second kappa shape index (κ2) is 6.56. The minimum absolute atomic E-state index is 1.08. The Kier molecular flexibility index (Phi) is 3.55. The summed E-state index contributed by atoms with van der Waals surface area (Å²) < 4.78 is 2.30. The summed E-state index contributed by atoms with van der Waals surface area (Å²) in [6.07, 6.45) is 3.74. The lowest BCUT2D eigenvalue weighted by molar-refractivity contribution is 1.14. The predicted molar refractivity (Wildman–Crippen MR) is 133 cm³/mol. The predicted octanol–water partition coefficient (Wildman–Crippen LogP) is 7.48. The van der Waals surface area contributed by atoms with E-state index in [4.69, 9.17) is 0 Å². The number of pyridine rings is 1. The maximum absolute atomic E-state index is 4.34. The summed E-state index contributed by atoms with van der Waals surface area (Å²) in [6, 6.07) is 34.7. The molecule has 0 unspecified atom stereocenters. The van der Waals surface area contributed by atoms with E-state index in [1.165, 1.54) is 54.7 Å². The fourth-order valence-electron chi connectivity index (χ4n) is 4.94. The van der Waals surface area contributed by atoms with Gasteiger partial charge in [-0.15, -0.1) is 0 Å². The van der Waals surface area contributed by atoms with Gasteiger partial charge in [-0.1, -0.05) is 48.5 Å². The Morgan fingerprint density at radius 2 is 1.28 bits per heavy atom. The number of H-pyrrole nitrogens is 1. The van der Waals surface area contributed by atoms with Crippen molar-refractivity contribution >= 4 is 43.6 Å². The first-order chi connectivity index (χ1) is 15.9. The summed E-state index contributed by atoms with van der Waals surface area (Å²) in [5.74, 6) is 0. The van der Waals surface area contributed by atoms with Gasteiger partial charge in [0.1, 0.15) is 0 Å². The van der Waals surface area contributed by atoms with Crippen LogP contribution in [0.3, 0.4) is 0 Å². The zero-order valence-corrected chi connectivity index (χ0v) is 17.3. The molecule has 32 heavy (non-hydrogen) atoms. The van der Waals surface area contributed by atoms with E-state index in [2.05, 4.69) is 106 Å². The van der Waals surface area contributed by atoms with Crippen molar-refractivity contribution in [1.82, 2.24) is 14.5 Å². The van der Waals surface area contributed by atoms with Crippen molar-refractivity contribution < 1.29 is 0 Å². The number of fused-ring (bicyclic) bond motifs is 6. The largest absolute Gasteiger partial charge is 0.355 e. The van der Waals surface area contributed by atoms with Crippen molar-refractivity contribution in [2.45, 2.75) is 0 Å². The second-order valence-corrected chi connectivity index (χ2v) is 8.23. The van der Waals surface area contributed by atoms with Crippen molar-refractivity contribution in [1.29, 1.82) is 0 Å². The van der Waals surface area contributed by atoms with Gasteiger partial charge in [-0.25, -0.2) is 0 Å². The Hall–Kier alpha value is -4.37. The Morgan fingerprint density at radius 1 is 0.562 bits per heavy atom. The molecule has 7 rings (SSSR count). The Morgan fingerprint density at radius 3 is 2.16 bits per heavy atom. The van der Waals surface area contributed by atoms with E-state index in [9.17, 15) is 0 Å². The van der Waals surface area contributed by atoms with E-state index in [1.54, 1.807) is 0 Å². The number of aromatic amines is 1. The van der Waals surface area contributed by atoms with E-state index in [0.29, 0.717) is 0 Å². The molecule has 0 saturated heterocycles. The molecule has 3 aromatic heterocycles. The molecule has 0 spiro atoms. The maximum Gasteiger partial charge on any atom is 0.0645 e. The number of nitrogens with zero attached hydrogens (tertiary/aromatic N) is 2. The molecule has 4 aromatic carbocycles. The highest BCUT2D eigenvalue weighted by atomic mass is 15.0. The van der Waals surface area contributed by atoms with Crippen LogP contribution >= 0.6 is 0 Å². The van der Waals surface area contributed by atoms with Crippen molar-refractivity contribution in [3.05, 3.63) is 109 Å². The van der Waals surface area contributed by atoms with Gasteiger partial charge in [-0.05, 0) is 59.7 Å². The van der Waals surface area contributed by atoms with Gasteiger partial charge in [0.25, 0.3) is 0 Å². The number of nitrogens with one attached hydrogen (secondary N) is 1. The highest BCUT2D eigenvalue weighted by Crippen LogP contribution is 2.36. The third kappa shape index (κ3) is 2.45. The number of benzene rings is 4. The molecule has 0 aliphatic heterocycles. The maximum atomic E-state index is 4.34. The molecule has 0 radical (unpaired) electrons. The average molecular weight is 409 g/mol. The summed E-state index contributed by atoms with van der Waals surface area (Å²) in [5.41, 5.74) is 8.25. The first kappa shape index (κ1) is 17.3. The second-order valence-electron chi connectivity index (χ2n) is 8.23. The van der Waals surface area contributed by atoms with E-state index in [1.807, 2.05) is 18.5 Å². The smallest absolute Gasteiger partial charge is 0.0645 e. The third-order valence-electron chi connectivity index (χ3n) is 6.42. The van der Waals surface area contributed by atoms with Gasteiger partial charge in [0.05, 0.1) is 22.9 Å². The Labute approximate surface area is 184 Å². The van der Waals surface area contributed by atoms with Crippen LogP contribution in [0.25, 0.3) is 60.4 Å². The van der Waals surface area contributed by atoms with Crippen LogP contribution in [0, 0.1) is 0 Å². The summed E-state index contributed by atoms with van der Waals surface area (Å²) >= 11 is 0. The number of hydrogen-bond acceptors (Lipinski definition) is 1. The van der Waals surface area contributed by atoms with Gasteiger partial charge < -0.3 is 9.55 Å². The highest BCUT2D eigenvalue weighted by molar-refractivity contribution is 6.11. The van der Waals surface area contributed by atoms with Crippen LogP contribution in [0.2, 0.25) is 0 Å². The molecule has 0 fully saturated rings. The molecular weight excluding hydrogens is 390 g/mol. The number of rotatable bonds is 2. The number of hydrogen-bond donors (Lipinski definition) is 1. The van der Waals surface area contributed by atoms with Crippen LogP contribution < -0.4 is 0 Å². The molecule has 1 N–H and O–H groups in total. The molecule has 0 amide bonds. The van der Waals surface area contributed by atoms with E-state index in [-0.39, 0.29) is 0 Å². The topological polar surface area (TPSA) is 33.6 Å². The van der Waals surface area contributed by atoms with E-state index >= 15 is 0 Å². The molecule has 3 heteroatoms. The minimum Gasteiger partial charge on any atom is -0.355 e. The fourth-order valence-corrected chi connectivity index (χ4v) is 4.94. The molecule has 0 atom stereocenters. The minimum atomic E-state index is 1.08. The van der Waals surface area contributed by atoms with Gasteiger partial charge in [-0.2, -0.15) is 0 Å². The summed E-state index contributed by atoms with van der Waals surface area (Å²) in [7, 11) is 0. The number of para-hydroxylation sites is 2. The van der Waals surface area contributed by atoms with Gasteiger partial charge in [0.2, 0.25) is 0 Å². The lowest BCUT2D eigenvalue weighted by atomic mass is 10.0. The van der Waals surface area contributed by atoms with Gasteiger partial charge in [0, 0.05) is 38.8 Å². The van der Waals surface area contributed by atoms with Crippen molar-refractivity contribution in [2.24, 2.45) is 0 Å². The molecule has 7 aromatic rings. The van der Waals surface area contributed by atoms with Gasteiger partial charge in [0.15, 0.2) is 0 Å². The van der Waals surface area contributed by atoms with Gasteiger partial charge in [-0.3, -0.25) is 4.98 Å². The summed E-state index contributed by atoms with van der Waals surface area (Å²) in [6.45, 7) is 0. The zero-order chi connectivity index (χ0) is 21.1. The van der Waals surface area contributed by atoms with Crippen molar-refractivity contribution in [2.75, 3.05) is 0 Å². The van der Waals surface area contributed by atoms with Crippen molar-refractivity contribution in [3.8, 4) is 16.8 Å². The Bertz CT molecular complexity index is 1770. The van der Waals surface area contributed by atoms with E-state index < -0.39 is 0 Å². The molecule has 150 valence electrons. The molecule has 0 bridgehead atoms. The van der Waals surface area contributed by atoms with E-state index in [0.717, 1.165) is 5.69 Å². The first-order valence-electron chi connectivity index (χ1n) is 10.8. The average Bonchev–Trinajstić information content (AvgIpc) is 3.39. The molecule has 3 nitrogen and oxygen atoms in total. The zero-order valence-electron chi connectivity index (χ0n) is 17.3. The van der Waals surface area contributed by atoms with Crippen LogP contribution in [0.5, 0.6) is 0 Å². The monoisotopic (exact) mass is 409 g/mol. The van der Waals surface area contributed by atoms with Crippen LogP contribution in [-0.4, -0.2) is 14.5 Å². The van der Waals surface area contributed by atoms with Crippen LogP contribution in [-0.2, 0) is 0 Å². The first-order valence-corrected chi connectivity index (χ1v) is 10.8. The van der Waals surface area contributed by atoms with Crippen LogP contribution in [0.15, 0.2) is 109 Å². The molecule has 0 aliphatic carbocycles. The number of aromatic nitrogens is 3. The fraction of sp³-hybridized carbons (Fsp3) is 0. The lowest BCUT2D eigenvalue weighted by Crippen LogP contribution is -1.93. The quantitative estimate of drug-likeness (QED) is 0.315.